The monoisotopic (exact) mass is 434 g/mol. The van der Waals surface area contributed by atoms with Gasteiger partial charge in [-0.25, -0.2) is 13.2 Å². The first-order chi connectivity index (χ1) is 14.3. The number of hydrogen-bond acceptors (Lipinski definition) is 6. The van der Waals surface area contributed by atoms with Crippen molar-refractivity contribution in [2.45, 2.75) is 38.2 Å². The maximum absolute atomic E-state index is 12.8. The zero-order valence-electron chi connectivity index (χ0n) is 17.1. The number of rotatable bonds is 7. The molecule has 3 rings (SSSR count). The molecule has 1 N–H and O–H groups in total. The van der Waals surface area contributed by atoms with Crippen LogP contribution in [0, 0.1) is 5.92 Å². The van der Waals surface area contributed by atoms with E-state index < -0.39 is 16.0 Å². The molecule has 9 heteroatoms. The molecule has 0 bridgehead atoms. The SMILES string of the molecule is CCOC(=O)c1ccc(S(=O)(=O)N2CCC(C(=O)Nc3ccc(CC)cc3)CC2)o1. The summed E-state index contributed by atoms with van der Waals surface area (Å²) in [6.45, 7) is 4.28. The maximum Gasteiger partial charge on any atom is 0.374 e. The van der Waals surface area contributed by atoms with Gasteiger partial charge in [0.2, 0.25) is 16.8 Å². The standard InChI is InChI=1S/C21H26N2O6S/c1-3-15-5-7-17(8-6-15)22-20(24)16-11-13-23(14-12-16)30(26,27)19-10-9-18(29-19)21(25)28-4-2/h5-10,16H,3-4,11-14H2,1-2H3,(H,22,24). The summed E-state index contributed by atoms with van der Waals surface area (Å²) in [5, 5.41) is 2.60. The van der Waals surface area contributed by atoms with Gasteiger partial charge in [0.15, 0.2) is 0 Å². The van der Waals surface area contributed by atoms with Crippen LogP contribution in [0.15, 0.2) is 45.9 Å². The minimum absolute atomic E-state index is 0.112. The van der Waals surface area contributed by atoms with Gasteiger partial charge in [0, 0.05) is 24.7 Å². The Hall–Kier alpha value is -2.65. The van der Waals surface area contributed by atoms with Crippen molar-refractivity contribution in [2.24, 2.45) is 5.92 Å². The highest BCUT2D eigenvalue weighted by molar-refractivity contribution is 7.89. The highest BCUT2D eigenvalue weighted by Gasteiger charge is 2.34. The number of aryl methyl sites for hydroxylation is 1. The number of piperidine rings is 1. The molecular formula is C21H26N2O6S. The van der Waals surface area contributed by atoms with Crippen LogP contribution in [0.25, 0.3) is 0 Å². The number of nitrogens with one attached hydrogen (secondary N) is 1. The van der Waals surface area contributed by atoms with Gasteiger partial charge in [0.1, 0.15) is 0 Å². The van der Waals surface area contributed by atoms with Crippen molar-refractivity contribution in [1.82, 2.24) is 4.31 Å². The molecule has 0 spiro atoms. The fourth-order valence-corrected chi connectivity index (χ4v) is 4.71. The number of carbonyl (C=O) groups is 2. The first-order valence-corrected chi connectivity index (χ1v) is 11.5. The van der Waals surface area contributed by atoms with Crippen molar-refractivity contribution in [3.63, 3.8) is 0 Å². The molecule has 1 aromatic carbocycles. The Morgan fingerprint density at radius 3 is 2.37 bits per heavy atom. The van der Waals surface area contributed by atoms with E-state index in [4.69, 9.17) is 9.15 Å². The molecule has 2 aromatic rings. The molecule has 0 atom stereocenters. The summed E-state index contributed by atoms with van der Waals surface area (Å²) in [5.41, 5.74) is 1.92. The molecule has 1 aliphatic rings. The Labute approximate surface area is 176 Å². The van der Waals surface area contributed by atoms with Crippen LogP contribution >= 0.6 is 0 Å². The van der Waals surface area contributed by atoms with Gasteiger partial charge in [-0.2, -0.15) is 4.31 Å². The van der Waals surface area contributed by atoms with Crippen molar-refractivity contribution in [3.8, 4) is 0 Å². The molecule has 162 valence electrons. The predicted molar refractivity (Wildman–Crippen MR) is 111 cm³/mol. The summed E-state index contributed by atoms with van der Waals surface area (Å²) >= 11 is 0. The van der Waals surface area contributed by atoms with Gasteiger partial charge in [-0.1, -0.05) is 19.1 Å². The van der Waals surface area contributed by atoms with Crippen LogP contribution in [0.1, 0.15) is 42.8 Å². The molecule has 0 radical (unpaired) electrons. The molecule has 0 aliphatic carbocycles. The van der Waals surface area contributed by atoms with Crippen molar-refractivity contribution >= 4 is 27.6 Å². The summed E-state index contributed by atoms with van der Waals surface area (Å²) in [5.74, 6) is -1.24. The number of sulfonamides is 1. The average Bonchev–Trinajstić information content (AvgIpc) is 3.26. The van der Waals surface area contributed by atoms with Gasteiger partial charge in [0.25, 0.3) is 10.0 Å². The fraction of sp³-hybridized carbons (Fsp3) is 0.429. The number of ether oxygens (including phenoxy) is 1. The summed E-state index contributed by atoms with van der Waals surface area (Å²) in [7, 11) is -3.88. The zero-order chi connectivity index (χ0) is 21.7. The van der Waals surface area contributed by atoms with Crippen LogP contribution in [0.3, 0.4) is 0 Å². The first kappa shape index (κ1) is 22.0. The minimum Gasteiger partial charge on any atom is -0.460 e. The number of nitrogens with zero attached hydrogens (tertiary/aromatic N) is 1. The summed E-state index contributed by atoms with van der Waals surface area (Å²) in [6.07, 6.45) is 1.74. The second kappa shape index (κ2) is 9.44. The molecule has 1 aliphatic heterocycles. The molecular weight excluding hydrogens is 408 g/mol. The number of benzene rings is 1. The molecule has 8 nitrogen and oxygen atoms in total. The molecule has 0 saturated carbocycles. The number of amides is 1. The number of anilines is 1. The fourth-order valence-electron chi connectivity index (χ4n) is 3.32. The number of carbonyl (C=O) groups excluding carboxylic acids is 2. The van der Waals surface area contributed by atoms with Crippen LogP contribution in [0.5, 0.6) is 0 Å². The van der Waals surface area contributed by atoms with Crippen molar-refractivity contribution < 1.29 is 27.2 Å². The highest BCUT2D eigenvalue weighted by Crippen LogP contribution is 2.26. The van der Waals surface area contributed by atoms with E-state index in [0.717, 1.165) is 12.1 Å². The third kappa shape index (κ3) is 4.91. The van der Waals surface area contributed by atoms with Gasteiger partial charge >= 0.3 is 5.97 Å². The second-order valence-electron chi connectivity index (χ2n) is 7.06. The molecule has 2 heterocycles. The third-order valence-corrected chi connectivity index (χ3v) is 6.88. The zero-order valence-corrected chi connectivity index (χ0v) is 17.9. The van der Waals surface area contributed by atoms with Crippen LogP contribution in [-0.4, -0.2) is 44.3 Å². The molecule has 1 fully saturated rings. The van der Waals surface area contributed by atoms with Crippen molar-refractivity contribution in [3.05, 3.63) is 47.7 Å². The van der Waals surface area contributed by atoms with E-state index in [1.165, 1.54) is 22.0 Å². The van der Waals surface area contributed by atoms with Gasteiger partial charge in [-0.05, 0) is 56.0 Å². The molecule has 0 unspecified atom stereocenters. The topological polar surface area (TPSA) is 106 Å². The van der Waals surface area contributed by atoms with Crippen LogP contribution in [0.4, 0.5) is 5.69 Å². The lowest BCUT2D eigenvalue weighted by Crippen LogP contribution is -2.41. The minimum atomic E-state index is -3.88. The molecule has 30 heavy (non-hydrogen) atoms. The Balaban J connectivity index is 1.58. The second-order valence-corrected chi connectivity index (χ2v) is 8.93. The smallest absolute Gasteiger partial charge is 0.374 e. The van der Waals surface area contributed by atoms with E-state index in [1.807, 2.05) is 24.3 Å². The van der Waals surface area contributed by atoms with Gasteiger partial charge in [-0.3, -0.25) is 4.79 Å². The molecule has 1 amide bonds. The van der Waals surface area contributed by atoms with Crippen molar-refractivity contribution in [2.75, 3.05) is 25.0 Å². The lowest BCUT2D eigenvalue weighted by Gasteiger charge is -2.29. The van der Waals surface area contributed by atoms with Gasteiger partial charge < -0.3 is 14.5 Å². The lowest BCUT2D eigenvalue weighted by molar-refractivity contribution is -0.120. The Kier molecular flexibility index (Phi) is 6.94. The average molecular weight is 435 g/mol. The van der Waals surface area contributed by atoms with Crippen molar-refractivity contribution in [1.29, 1.82) is 0 Å². The van der Waals surface area contributed by atoms with E-state index >= 15 is 0 Å². The van der Waals surface area contributed by atoms with E-state index in [9.17, 15) is 18.0 Å². The Morgan fingerprint density at radius 2 is 1.77 bits per heavy atom. The van der Waals surface area contributed by atoms with Crippen LogP contribution in [-0.2, 0) is 26.0 Å². The number of furan rings is 1. The summed E-state index contributed by atoms with van der Waals surface area (Å²) in [4.78, 5) is 24.2. The Morgan fingerprint density at radius 1 is 1.10 bits per heavy atom. The van der Waals surface area contributed by atoms with E-state index in [0.29, 0.717) is 12.8 Å². The quantitative estimate of drug-likeness (QED) is 0.672. The van der Waals surface area contributed by atoms with Gasteiger partial charge in [0.05, 0.1) is 6.61 Å². The predicted octanol–water partition coefficient (Wildman–Crippen LogP) is 3.06. The molecule has 1 aromatic heterocycles. The number of hydrogen-bond donors (Lipinski definition) is 1. The summed E-state index contributed by atoms with van der Waals surface area (Å²) in [6, 6.07) is 10.2. The van der Waals surface area contributed by atoms with Crippen LogP contribution < -0.4 is 5.32 Å². The van der Waals surface area contributed by atoms with Crippen LogP contribution in [0.2, 0.25) is 0 Å². The van der Waals surface area contributed by atoms with Gasteiger partial charge in [-0.15, -0.1) is 0 Å². The normalized spacial score (nSPS) is 15.7. The maximum atomic E-state index is 12.8. The first-order valence-electron chi connectivity index (χ1n) is 10.0. The molecule has 1 saturated heterocycles. The number of esters is 1. The summed E-state index contributed by atoms with van der Waals surface area (Å²) < 4.78 is 36.9. The van der Waals surface area contributed by atoms with E-state index in [-0.39, 0.29) is 42.4 Å². The largest absolute Gasteiger partial charge is 0.460 e. The lowest BCUT2D eigenvalue weighted by atomic mass is 9.97. The van der Waals surface area contributed by atoms with E-state index in [1.54, 1.807) is 6.92 Å². The van der Waals surface area contributed by atoms with E-state index in [2.05, 4.69) is 12.2 Å². The highest BCUT2D eigenvalue weighted by atomic mass is 32.2. The third-order valence-electron chi connectivity index (χ3n) is 5.11. The Bertz CT molecular complexity index is 989.